The predicted molar refractivity (Wildman–Crippen MR) is 70.3 cm³/mol. The van der Waals surface area contributed by atoms with Gasteiger partial charge in [-0.05, 0) is 6.07 Å². The van der Waals surface area contributed by atoms with E-state index >= 15 is 0 Å². The number of nitrogen functional groups attached to an aromatic ring is 1. The van der Waals surface area contributed by atoms with Crippen molar-refractivity contribution in [2.75, 3.05) is 18.9 Å². The molecule has 0 unspecified atom stereocenters. The molecule has 1 aromatic carbocycles. The smallest absolute Gasteiger partial charge is 0.164 e. The summed E-state index contributed by atoms with van der Waals surface area (Å²) in [7, 11) is 1.75. The van der Waals surface area contributed by atoms with Gasteiger partial charge in [-0.3, -0.25) is 4.68 Å². The summed E-state index contributed by atoms with van der Waals surface area (Å²) in [6, 6.07) is 5.00. The third kappa shape index (κ3) is 2.05. The van der Waals surface area contributed by atoms with E-state index in [-0.39, 0.29) is 5.75 Å². The van der Waals surface area contributed by atoms with Crippen LogP contribution in [-0.4, -0.2) is 28.1 Å². The normalized spacial score (nSPS) is 14.2. The van der Waals surface area contributed by atoms with E-state index in [1.165, 1.54) is 0 Å². The number of fused-ring (bicyclic) bond motifs is 1. The fourth-order valence-corrected chi connectivity index (χ4v) is 2.02. The maximum Gasteiger partial charge on any atom is 0.164 e. The first kappa shape index (κ1) is 11.7. The molecule has 0 atom stereocenters. The molecular weight excluding hydrogens is 246 g/mol. The van der Waals surface area contributed by atoms with Crippen LogP contribution in [0.3, 0.4) is 0 Å². The van der Waals surface area contributed by atoms with E-state index in [0.29, 0.717) is 41.8 Å². The third-order valence-electron chi connectivity index (χ3n) is 3.06. The maximum atomic E-state index is 10.1. The average molecular weight is 261 g/mol. The Bertz CT molecular complexity index is 602. The largest absolute Gasteiger partial charge is 0.507 e. The second kappa shape index (κ2) is 4.38. The van der Waals surface area contributed by atoms with Crippen molar-refractivity contribution in [2.45, 2.75) is 6.42 Å². The Morgan fingerprint density at radius 3 is 2.53 bits per heavy atom. The van der Waals surface area contributed by atoms with Crippen LogP contribution in [0.15, 0.2) is 18.2 Å². The van der Waals surface area contributed by atoms with Gasteiger partial charge in [-0.2, -0.15) is 5.10 Å². The van der Waals surface area contributed by atoms with Crippen LogP contribution < -0.4 is 15.2 Å². The number of phenolic OH excluding ortho intramolecular Hbond substituents is 1. The standard InChI is InChI=1S/C13H15N3O3/c1-16-13(14)6-9(15-16)8-5-11-12(7-10(8)17)19-4-2-3-18-11/h5-7,17H,2-4,14H2,1H3. The molecule has 0 radical (unpaired) electrons. The Labute approximate surface area is 110 Å². The Balaban J connectivity index is 2.09. The van der Waals surface area contributed by atoms with Gasteiger partial charge < -0.3 is 20.3 Å². The number of benzene rings is 1. The molecule has 19 heavy (non-hydrogen) atoms. The fourth-order valence-electron chi connectivity index (χ4n) is 2.02. The quantitative estimate of drug-likeness (QED) is 0.813. The number of aromatic nitrogens is 2. The average Bonchev–Trinajstić information content (AvgIpc) is 2.60. The highest BCUT2D eigenvalue weighted by molar-refractivity contribution is 5.72. The highest BCUT2D eigenvalue weighted by Crippen LogP contribution is 2.40. The van der Waals surface area contributed by atoms with Crippen molar-refractivity contribution in [1.29, 1.82) is 0 Å². The molecule has 0 saturated carbocycles. The number of aryl methyl sites for hydroxylation is 1. The van der Waals surface area contributed by atoms with Crippen molar-refractivity contribution in [1.82, 2.24) is 9.78 Å². The lowest BCUT2D eigenvalue weighted by Gasteiger charge is -2.10. The minimum absolute atomic E-state index is 0.0994. The molecule has 6 nitrogen and oxygen atoms in total. The van der Waals surface area contributed by atoms with Gasteiger partial charge in [-0.1, -0.05) is 0 Å². The van der Waals surface area contributed by atoms with Crippen LogP contribution in [0.5, 0.6) is 17.2 Å². The van der Waals surface area contributed by atoms with Crippen LogP contribution in [0, 0.1) is 0 Å². The van der Waals surface area contributed by atoms with Gasteiger partial charge in [0.25, 0.3) is 0 Å². The number of hydrogen-bond donors (Lipinski definition) is 2. The summed E-state index contributed by atoms with van der Waals surface area (Å²) < 4.78 is 12.7. The van der Waals surface area contributed by atoms with Crippen LogP contribution >= 0.6 is 0 Å². The van der Waals surface area contributed by atoms with Crippen LogP contribution in [0.2, 0.25) is 0 Å². The third-order valence-corrected chi connectivity index (χ3v) is 3.06. The Hall–Kier alpha value is -2.37. The minimum Gasteiger partial charge on any atom is -0.507 e. The number of rotatable bonds is 1. The van der Waals surface area contributed by atoms with Crippen LogP contribution in [0.25, 0.3) is 11.3 Å². The lowest BCUT2D eigenvalue weighted by atomic mass is 10.1. The van der Waals surface area contributed by atoms with E-state index in [1.54, 1.807) is 29.9 Å². The number of ether oxygens (including phenoxy) is 2. The number of hydrogen-bond acceptors (Lipinski definition) is 5. The highest BCUT2D eigenvalue weighted by Gasteiger charge is 2.17. The zero-order chi connectivity index (χ0) is 13.4. The van der Waals surface area contributed by atoms with Gasteiger partial charge in [0.05, 0.1) is 18.9 Å². The molecule has 2 heterocycles. The number of nitrogens with two attached hydrogens (primary N) is 1. The molecule has 0 saturated heterocycles. The molecule has 1 aromatic heterocycles. The van der Waals surface area contributed by atoms with Crippen molar-refractivity contribution in [3.8, 4) is 28.5 Å². The Morgan fingerprint density at radius 1 is 1.21 bits per heavy atom. The highest BCUT2D eigenvalue weighted by atomic mass is 16.5. The van der Waals surface area contributed by atoms with Crippen molar-refractivity contribution in [3.05, 3.63) is 18.2 Å². The molecule has 3 N–H and O–H groups in total. The Kier molecular flexibility index (Phi) is 2.70. The molecule has 0 spiro atoms. The molecule has 0 amide bonds. The zero-order valence-electron chi connectivity index (χ0n) is 10.6. The number of nitrogens with zero attached hydrogens (tertiary/aromatic N) is 2. The van der Waals surface area contributed by atoms with Gasteiger partial charge in [0.15, 0.2) is 11.5 Å². The van der Waals surface area contributed by atoms with Crippen LogP contribution in [0.1, 0.15) is 6.42 Å². The first-order chi connectivity index (χ1) is 9.15. The molecular formula is C13H15N3O3. The zero-order valence-corrected chi connectivity index (χ0v) is 10.6. The van der Waals surface area contributed by atoms with Crippen molar-refractivity contribution in [2.24, 2.45) is 7.05 Å². The first-order valence-electron chi connectivity index (χ1n) is 6.07. The SMILES string of the molecule is Cn1nc(-c2cc3c(cc2O)OCCCO3)cc1N. The second-order valence-corrected chi connectivity index (χ2v) is 4.44. The minimum atomic E-state index is 0.0994. The van der Waals surface area contributed by atoms with Gasteiger partial charge in [-0.25, -0.2) is 0 Å². The van der Waals surface area contributed by atoms with E-state index < -0.39 is 0 Å². The lowest BCUT2D eigenvalue weighted by Crippen LogP contribution is -1.97. The maximum absolute atomic E-state index is 10.1. The van der Waals surface area contributed by atoms with Crippen molar-refractivity contribution < 1.29 is 14.6 Å². The van der Waals surface area contributed by atoms with Gasteiger partial charge in [0.1, 0.15) is 11.6 Å². The topological polar surface area (TPSA) is 82.5 Å². The van der Waals surface area contributed by atoms with Crippen molar-refractivity contribution >= 4 is 5.82 Å². The molecule has 1 aliphatic rings. The molecule has 2 aromatic rings. The molecule has 0 aliphatic carbocycles. The van der Waals surface area contributed by atoms with Gasteiger partial charge in [-0.15, -0.1) is 0 Å². The molecule has 0 fully saturated rings. The van der Waals surface area contributed by atoms with Crippen LogP contribution in [-0.2, 0) is 7.05 Å². The molecule has 1 aliphatic heterocycles. The summed E-state index contributed by atoms with van der Waals surface area (Å²) in [4.78, 5) is 0. The summed E-state index contributed by atoms with van der Waals surface area (Å²) in [5.41, 5.74) is 6.94. The summed E-state index contributed by atoms with van der Waals surface area (Å²) in [6.45, 7) is 1.18. The van der Waals surface area contributed by atoms with E-state index in [4.69, 9.17) is 15.2 Å². The number of aromatic hydroxyl groups is 1. The number of anilines is 1. The van der Waals surface area contributed by atoms with E-state index in [1.807, 2.05) is 0 Å². The van der Waals surface area contributed by atoms with Gasteiger partial charge in [0.2, 0.25) is 0 Å². The van der Waals surface area contributed by atoms with Gasteiger partial charge >= 0.3 is 0 Å². The van der Waals surface area contributed by atoms with Gasteiger partial charge in [0, 0.05) is 31.2 Å². The summed E-state index contributed by atoms with van der Waals surface area (Å²) in [6.07, 6.45) is 0.821. The first-order valence-corrected chi connectivity index (χ1v) is 6.07. The molecule has 6 heteroatoms. The van der Waals surface area contributed by atoms with Crippen LogP contribution in [0.4, 0.5) is 5.82 Å². The van der Waals surface area contributed by atoms with E-state index in [9.17, 15) is 5.11 Å². The molecule has 3 rings (SSSR count). The summed E-state index contributed by atoms with van der Waals surface area (Å²) >= 11 is 0. The second-order valence-electron chi connectivity index (χ2n) is 4.44. The predicted octanol–water partition coefficient (Wildman–Crippen LogP) is 1.54. The monoisotopic (exact) mass is 261 g/mol. The van der Waals surface area contributed by atoms with Crippen molar-refractivity contribution in [3.63, 3.8) is 0 Å². The summed E-state index contributed by atoms with van der Waals surface area (Å²) in [5, 5.41) is 14.3. The lowest BCUT2D eigenvalue weighted by molar-refractivity contribution is 0.296. The molecule has 100 valence electrons. The summed E-state index contributed by atoms with van der Waals surface area (Å²) in [5.74, 6) is 1.81. The van der Waals surface area contributed by atoms with E-state index in [2.05, 4.69) is 5.10 Å². The number of phenols is 1. The van der Waals surface area contributed by atoms with E-state index in [0.717, 1.165) is 6.42 Å². The molecule has 0 bridgehead atoms. The Morgan fingerprint density at radius 2 is 1.89 bits per heavy atom. The fraction of sp³-hybridized carbons (Fsp3) is 0.308.